The topological polar surface area (TPSA) is 29.5 Å². The molecule has 1 aliphatic rings. The predicted octanol–water partition coefficient (Wildman–Crippen LogP) is 2.64. The van der Waals surface area contributed by atoms with Gasteiger partial charge in [0.15, 0.2) is 5.78 Å². The Hall–Kier alpha value is -1.42. The van der Waals surface area contributed by atoms with Gasteiger partial charge >= 0.3 is 0 Å². The standard InChI is InChI=1S/C14H18FNO2/c1-10(17)12-6-3-7-13(15)14(12)16-8-4-5-11(9-16)18-2/h3,6-7,11H,4-5,8-9H2,1-2H3. The van der Waals surface area contributed by atoms with Crippen LogP contribution in [-0.2, 0) is 4.74 Å². The van der Waals surface area contributed by atoms with Crippen LogP contribution in [0.15, 0.2) is 18.2 Å². The molecule has 18 heavy (non-hydrogen) atoms. The van der Waals surface area contributed by atoms with Gasteiger partial charge in [0.05, 0.1) is 11.8 Å². The molecule has 0 saturated carbocycles. The first-order valence-corrected chi connectivity index (χ1v) is 6.20. The molecule has 0 amide bonds. The first kappa shape index (κ1) is 13.0. The largest absolute Gasteiger partial charge is 0.380 e. The van der Waals surface area contributed by atoms with Crippen molar-refractivity contribution in [1.82, 2.24) is 0 Å². The van der Waals surface area contributed by atoms with Gasteiger partial charge in [0.1, 0.15) is 5.82 Å². The highest BCUT2D eigenvalue weighted by Crippen LogP contribution is 2.28. The Morgan fingerprint density at radius 1 is 1.50 bits per heavy atom. The van der Waals surface area contributed by atoms with Gasteiger partial charge in [0, 0.05) is 25.8 Å². The van der Waals surface area contributed by atoms with Crippen LogP contribution in [0, 0.1) is 5.82 Å². The number of halogens is 1. The molecule has 1 heterocycles. The van der Waals surface area contributed by atoms with E-state index in [-0.39, 0.29) is 17.7 Å². The van der Waals surface area contributed by atoms with Crippen molar-refractivity contribution in [2.24, 2.45) is 0 Å². The number of benzene rings is 1. The van der Waals surface area contributed by atoms with E-state index in [0.717, 1.165) is 19.4 Å². The number of anilines is 1. The first-order valence-electron chi connectivity index (χ1n) is 6.20. The summed E-state index contributed by atoms with van der Waals surface area (Å²) in [5.41, 5.74) is 0.874. The number of Topliss-reactive ketones (excluding diaryl/α,β-unsaturated/α-hetero) is 1. The summed E-state index contributed by atoms with van der Waals surface area (Å²) in [4.78, 5) is 13.5. The van der Waals surface area contributed by atoms with Crippen molar-refractivity contribution in [2.75, 3.05) is 25.1 Å². The van der Waals surface area contributed by atoms with E-state index in [1.54, 1.807) is 19.2 Å². The maximum absolute atomic E-state index is 14.0. The molecule has 2 rings (SSSR count). The number of methoxy groups -OCH3 is 1. The smallest absolute Gasteiger partial charge is 0.161 e. The van der Waals surface area contributed by atoms with Gasteiger partial charge in [0.25, 0.3) is 0 Å². The van der Waals surface area contributed by atoms with Crippen molar-refractivity contribution in [3.63, 3.8) is 0 Å². The Morgan fingerprint density at radius 3 is 2.94 bits per heavy atom. The third kappa shape index (κ3) is 2.53. The summed E-state index contributed by atoms with van der Waals surface area (Å²) in [6.45, 7) is 2.87. The van der Waals surface area contributed by atoms with Crippen molar-refractivity contribution in [3.8, 4) is 0 Å². The lowest BCUT2D eigenvalue weighted by Gasteiger charge is -2.34. The zero-order valence-electron chi connectivity index (χ0n) is 10.8. The van der Waals surface area contributed by atoms with Crippen LogP contribution in [-0.4, -0.2) is 32.1 Å². The van der Waals surface area contributed by atoms with Crippen LogP contribution in [0.5, 0.6) is 0 Å². The van der Waals surface area contributed by atoms with Gasteiger partial charge in [-0.15, -0.1) is 0 Å². The molecule has 1 aliphatic heterocycles. The van der Waals surface area contributed by atoms with Gasteiger partial charge < -0.3 is 9.64 Å². The monoisotopic (exact) mass is 251 g/mol. The van der Waals surface area contributed by atoms with Crippen molar-refractivity contribution >= 4 is 11.5 Å². The molecule has 0 spiro atoms. The van der Waals surface area contributed by atoms with E-state index in [1.807, 2.05) is 4.90 Å². The molecule has 4 heteroatoms. The molecule has 0 aromatic heterocycles. The van der Waals surface area contributed by atoms with Crippen LogP contribution >= 0.6 is 0 Å². The number of para-hydroxylation sites is 1. The average Bonchev–Trinajstić information content (AvgIpc) is 2.38. The molecule has 1 atom stereocenters. The number of hydrogen-bond donors (Lipinski definition) is 0. The highest BCUT2D eigenvalue weighted by atomic mass is 19.1. The van der Waals surface area contributed by atoms with Gasteiger partial charge in [-0.3, -0.25) is 4.79 Å². The third-order valence-electron chi connectivity index (χ3n) is 3.39. The van der Waals surface area contributed by atoms with Gasteiger partial charge in [-0.25, -0.2) is 4.39 Å². The molecule has 3 nitrogen and oxygen atoms in total. The third-order valence-corrected chi connectivity index (χ3v) is 3.39. The van der Waals surface area contributed by atoms with E-state index in [4.69, 9.17) is 4.74 Å². The maximum atomic E-state index is 14.0. The van der Waals surface area contributed by atoms with Crippen molar-refractivity contribution in [1.29, 1.82) is 0 Å². The minimum absolute atomic E-state index is 0.107. The zero-order chi connectivity index (χ0) is 13.1. The van der Waals surface area contributed by atoms with E-state index in [0.29, 0.717) is 17.8 Å². The lowest BCUT2D eigenvalue weighted by Crippen LogP contribution is -2.40. The molecule has 1 unspecified atom stereocenters. The summed E-state index contributed by atoms with van der Waals surface area (Å²) in [5.74, 6) is -0.441. The number of rotatable bonds is 3. The minimum atomic E-state index is -0.334. The lowest BCUT2D eigenvalue weighted by atomic mass is 10.0. The second kappa shape index (κ2) is 5.48. The number of carbonyl (C=O) groups is 1. The average molecular weight is 251 g/mol. The molecule has 1 fully saturated rings. The summed E-state index contributed by atoms with van der Waals surface area (Å²) >= 11 is 0. The maximum Gasteiger partial charge on any atom is 0.161 e. The Morgan fingerprint density at radius 2 is 2.28 bits per heavy atom. The van der Waals surface area contributed by atoms with Crippen LogP contribution in [0.3, 0.4) is 0 Å². The molecule has 1 aromatic carbocycles. The zero-order valence-corrected chi connectivity index (χ0v) is 10.8. The second-order valence-electron chi connectivity index (χ2n) is 4.64. The van der Waals surface area contributed by atoms with Gasteiger partial charge in [0.2, 0.25) is 0 Å². The lowest BCUT2D eigenvalue weighted by molar-refractivity contribution is 0.0888. The molecule has 1 saturated heterocycles. The molecule has 98 valence electrons. The SMILES string of the molecule is COC1CCCN(c2c(F)cccc2C(C)=O)C1. The van der Waals surface area contributed by atoms with Gasteiger partial charge in [-0.2, -0.15) is 0 Å². The highest BCUT2D eigenvalue weighted by molar-refractivity contribution is 5.99. The van der Waals surface area contributed by atoms with Crippen molar-refractivity contribution in [2.45, 2.75) is 25.9 Å². The number of ether oxygens (including phenoxy) is 1. The number of carbonyl (C=O) groups excluding carboxylic acids is 1. The van der Waals surface area contributed by atoms with Gasteiger partial charge in [-0.05, 0) is 31.9 Å². The fourth-order valence-corrected chi connectivity index (χ4v) is 2.45. The summed E-state index contributed by atoms with van der Waals surface area (Å²) in [6.07, 6.45) is 2.04. The summed E-state index contributed by atoms with van der Waals surface area (Å²) in [6, 6.07) is 4.66. The molecule has 0 radical (unpaired) electrons. The normalized spacial score (nSPS) is 19.9. The molecule has 0 N–H and O–H groups in total. The van der Waals surface area contributed by atoms with E-state index >= 15 is 0 Å². The number of piperidine rings is 1. The Bertz CT molecular complexity index is 447. The highest BCUT2D eigenvalue weighted by Gasteiger charge is 2.24. The van der Waals surface area contributed by atoms with E-state index < -0.39 is 0 Å². The fraction of sp³-hybridized carbons (Fsp3) is 0.500. The Labute approximate surface area is 107 Å². The van der Waals surface area contributed by atoms with E-state index in [9.17, 15) is 9.18 Å². The van der Waals surface area contributed by atoms with Crippen LogP contribution in [0.4, 0.5) is 10.1 Å². The van der Waals surface area contributed by atoms with Crippen molar-refractivity contribution in [3.05, 3.63) is 29.6 Å². The molecule has 0 aliphatic carbocycles. The van der Waals surface area contributed by atoms with Gasteiger partial charge in [-0.1, -0.05) is 6.07 Å². The predicted molar refractivity (Wildman–Crippen MR) is 68.6 cm³/mol. The van der Waals surface area contributed by atoms with Crippen molar-refractivity contribution < 1.29 is 13.9 Å². The molecular weight excluding hydrogens is 233 g/mol. The summed E-state index contributed by atoms with van der Waals surface area (Å²) in [5, 5.41) is 0. The first-order chi connectivity index (χ1) is 8.63. The fourth-order valence-electron chi connectivity index (χ4n) is 2.45. The molecule has 1 aromatic rings. The number of ketones is 1. The Kier molecular flexibility index (Phi) is 3.97. The van der Waals surface area contributed by atoms with E-state index in [1.165, 1.54) is 13.0 Å². The molecule has 0 bridgehead atoms. The number of hydrogen-bond acceptors (Lipinski definition) is 3. The van der Waals surface area contributed by atoms with Crippen LogP contribution in [0.25, 0.3) is 0 Å². The van der Waals surface area contributed by atoms with Crippen LogP contribution in [0.1, 0.15) is 30.1 Å². The van der Waals surface area contributed by atoms with E-state index in [2.05, 4.69) is 0 Å². The second-order valence-corrected chi connectivity index (χ2v) is 4.64. The van der Waals surface area contributed by atoms with Crippen LogP contribution in [0.2, 0.25) is 0 Å². The molecular formula is C14H18FNO2. The summed E-state index contributed by atoms with van der Waals surface area (Å²) in [7, 11) is 1.67. The summed E-state index contributed by atoms with van der Waals surface area (Å²) < 4.78 is 19.3. The quantitative estimate of drug-likeness (QED) is 0.773. The Balaban J connectivity index is 2.34. The number of nitrogens with zero attached hydrogens (tertiary/aromatic N) is 1. The van der Waals surface area contributed by atoms with Crippen LogP contribution < -0.4 is 4.90 Å². The minimum Gasteiger partial charge on any atom is -0.380 e.